The molecule has 0 aliphatic carbocycles. The Kier molecular flexibility index (Phi) is 11.7. The van der Waals surface area contributed by atoms with Gasteiger partial charge in [0.1, 0.15) is 0 Å². The monoisotopic (exact) mass is 684 g/mol. The van der Waals surface area contributed by atoms with Gasteiger partial charge in [-0.1, -0.05) is 98.1 Å². The molecule has 0 atom stereocenters. The van der Waals surface area contributed by atoms with Crippen LogP contribution in [0.3, 0.4) is 0 Å². The van der Waals surface area contributed by atoms with Crippen LogP contribution in [0.1, 0.15) is 11.1 Å². The van der Waals surface area contributed by atoms with Gasteiger partial charge >= 0.3 is 11.9 Å². The van der Waals surface area contributed by atoms with Crippen LogP contribution in [0.2, 0.25) is 0 Å². The number of rotatable bonds is 15. The van der Waals surface area contributed by atoms with Crippen LogP contribution < -0.4 is 9.80 Å². The Labute approximate surface area is 305 Å². The third kappa shape index (κ3) is 8.92. The summed E-state index contributed by atoms with van der Waals surface area (Å²) < 4.78 is 10.4. The zero-order valence-corrected chi connectivity index (χ0v) is 28.9. The second-order valence-electron chi connectivity index (χ2n) is 12.0. The van der Waals surface area contributed by atoms with Gasteiger partial charge < -0.3 is 19.3 Å². The lowest BCUT2D eigenvalue weighted by Crippen LogP contribution is -2.11. The average molecular weight is 685 g/mol. The van der Waals surface area contributed by atoms with Gasteiger partial charge in [0.2, 0.25) is 0 Å². The van der Waals surface area contributed by atoms with Gasteiger partial charge in [0.25, 0.3) is 0 Å². The van der Waals surface area contributed by atoms with Crippen LogP contribution in [0, 0.1) is 0 Å². The van der Waals surface area contributed by atoms with E-state index in [-0.39, 0.29) is 13.2 Å². The van der Waals surface area contributed by atoms with Gasteiger partial charge in [-0.2, -0.15) is 0 Å². The first-order valence-electron chi connectivity index (χ1n) is 17.2. The Bertz CT molecular complexity index is 1960. The number of benzene rings is 6. The number of anilines is 6. The van der Waals surface area contributed by atoms with Crippen molar-refractivity contribution in [3.8, 4) is 11.1 Å². The maximum absolute atomic E-state index is 11.5. The van der Waals surface area contributed by atoms with Crippen molar-refractivity contribution in [1.29, 1.82) is 0 Å². The summed E-state index contributed by atoms with van der Waals surface area (Å²) in [5, 5.41) is 0. The summed E-state index contributed by atoms with van der Waals surface area (Å²) in [6.45, 7) is 7.52. The Hall–Kier alpha value is -6.66. The lowest BCUT2D eigenvalue weighted by Gasteiger charge is -2.26. The number of hydrogen-bond donors (Lipinski definition) is 0. The number of nitrogens with zero attached hydrogens (tertiary/aromatic N) is 2. The maximum atomic E-state index is 11.5. The quantitative estimate of drug-likeness (QED) is 0.0793. The van der Waals surface area contributed by atoms with Gasteiger partial charge in [-0.05, 0) is 95.1 Å². The van der Waals surface area contributed by atoms with Crippen LogP contribution in [0.4, 0.5) is 34.1 Å². The Morgan fingerprint density at radius 2 is 0.788 bits per heavy atom. The molecule has 52 heavy (non-hydrogen) atoms. The molecule has 0 heterocycles. The van der Waals surface area contributed by atoms with E-state index in [2.05, 4.69) is 120 Å². The van der Waals surface area contributed by atoms with Crippen LogP contribution >= 0.6 is 0 Å². The molecule has 0 unspecified atom stereocenters. The number of ether oxygens (including phenoxy) is 2. The van der Waals surface area contributed by atoms with E-state index >= 15 is 0 Å². The predicted molar refractivity (Wildman–Crippen MR) is 211 cm³/mol. The normalized spacial score (nSPS) is 10.5. The van der Waals surface area contributed by atoms with Crippen molar-refractivity contribution in [1.82, 2.24) is 0 Å². The fourth-order valence-electron chi connectivity index (χ4n) is 6.01. The lowest BCUT2D eigenvalue weighted by atomic mass is 10.0. The molecule has 0 N–H and O–H groups in total. The Morgan fingerprint density at radius 1 is 0.442 bits per heavy atom. The largest absolute Gasteiger partial charge is 0.462 e. The molecule has 0 amide bonds. The van der Waals surface area contributed by atoms with E-state index in [1.54, 1.807) is 0 Å². The summed E-state index contributed by atoms with van der Waals surface area (Å²) in [6.07, 6.45) is 3.57. The molecule has 0 saturated carbocycles. The molecule has 6 heteroatoms. The van der Waals surface area contributed by atoms with Crippen molar-refractivity contribution in [2.45, 2.75) is 12.8 Å². The van der Waals surface area contributed by atoms with E-state index in [1.165, 1.54) is 12.2 Å². The van der Waals surface area contributed by atoms with E-state index in [9.17, 15) is 9.59 Å². The summed E-state index contributed by atoms with van der Waals surface area (Å²) in [5.74, 6) is -0.838. The van der Waals surface area contributed by atoms with E-state index in [1.807, 2.05) is 60.7 Å². The minimum Gasteiger partial charge on any atom is -0.462 e. The van der Waals surface area contributed by atoms with E-state index in [0.717, 1.165) is 56.4 Å². The zero-order chi connectivity index (χ0) is 36.1. The standard InChI is InChI=1S/C46H40N2O4/c1-3-45(49)51-31-29-35-13-11-19-43(33-35)47(39-15-7-5-8-16-39)41-25-21-37(22-26-41)38-23-27-42(28-24-38)48(40-17-9-6-10-18-40)44-20-12-14-36(34-44)30-32-52-46(50)4-2/h3-28,33-34H,1-2,29-32H2. The summed E-state index contributed by atoms with van der Waals surface area (Å²) in [6, 6.07) is 54.3. The van der Waals surface area contributed by atoms with Gasteiger partial charge in [0.15, 0.2) is 0 Å². The van der Waals surface area contributed by atoms with Crippen molar-refractivity contribution in [2.75, 3.05) is 23.0 Å². The van der Waals surface area contributed by atoms with Crippen LogP contribution in [-0.2, 0) is 31.9 Å². The molecule has 6 nitrogen and oxygen atoms in total. The van der Waals surface area contributed by atoms with Crippen molar-refractivity contribution < 1.29 is 19.1 Å². The first kappa shape index (κ1) is 35.2. The molecular formula is C46H40N2O4. The van der Waals surface area contributed by atoms with Crippen LogP contribution in [0.5, 0.6) is 0 Å². The second kappa shape index (κ2) is 17.3. The lowest BCUT2D eigenvalue weighted by molar-refractivity contribution is -0.138. The fraction of sp³-hybridized carbons (Fsp3) is 0.0870. The highest BCUT2D eigenvalue weighted by Gasteiger charge is 2.15. The zero-order valence-electron chi connectivity index (χ0n) is 28.9. The van der Waals surface area contributed by atoms with Gasteiger partial charge in [-0.25, -0.2) is 9.59 Å². The molecule has 6 aromatic rings. The van der Waals surface area contributed by atoms with Gasteiger partial charge in [-0.3, -0.25) is 0 Å². The molecule has 0 aliphatic heterocycles. The summed E-state index contributed by atoms with van der Waals surface area (Å²) in [7, 11) is 0. The average Bonchev–Trinajstić information content (AvgIpc) is 3.20. The number of carbonyl (C=O) groups excluding carboxylic acids is 2. The summed E-state index contributed by atoms with van der Waals surface area (Å²) >= 11 is 0. The molecule has 0 bridgehead atoms. The first-order valence-corrected chi connectivity index (χ1v) is 17.2. The maximum Gasteiger partial charge on any atom is 0.330 e. The number of esters is 2. The highest BCUT2D eigenvalue weighted by molar-refractivity contribution is 5.82. The first-order chi connectivity index (χ1) is 25.5. The number of hydrogen-bond acceptors (Lipinski definition) is 6. The topological polar surface area (TPSA) is 59.1 Å². The van der Waals surface area contributed by atoms with Crippen molar-refractivity contribution >= 4 is 46.1 Å². The highest BCUT2D eigenvalue weighted by Crippen LogP contribution is 2.38. The van der Waals surface area contributed by atoms with E-state index in [4.69, 9.17) is 9.47 Å². The SMILES string of the molecule is C=CC(=O)OCCc1cccc(N(c2ccccc2)c2ccc(-c3ccc(N(c4ccccc4)c4cccc(CCOC(=O)C=C)c4)cc3)cc2)c1. The molecular weight excluding hydrogens is 645 g/mol. The molecule has 0 aliphatic rings. The van der Waals surface area contributed by atoms with Gasteiger partial charge in [-0.15, -0.1) is 0 Å². The molecule has 0 spiro atoms. The Balaban J connectivity index is 1.25. The van der Waals surface area contributed by atoms with Crippen LogP contribution in [0.15, 0.2) is 183 Å². The number of carbonyl (C=O) groups is 2. The van der Waals surface area contributed by atoms with Gasteiger partial charge in [0.05, 0.1) is 13.2 Å². The van der Waals surface area contributed by atoms with Crippen LogP contribution in [0.25, 0.3) is 11.1 Å². The van der Waals surface area contributed by atoms with E-state index < -0.39 is 11.9 Å². The molecule has 0 saturated heterocycles. The molecule has 0 fully saturated rings. The summed E-state index contributed by atoms with van der Waals surface area (Å²) in [5.41, 5.74) is 10.5. The number of para-hydroxylation sites is 2. The molecule has 6 rings (SSSR count). The van der Waals surface area contributed by atoms with Crippen LogP contribution in [-0.4, -0.2) is 25.2 Å². The predicted octanol–water partition coefficient (Wildman–Crippen LogP) is 10.8. The third-order valence-corrected chi connectivity index (χ3v) is 8.55. The highest BCUT2D eigenvalue weighted by atomic mass is 16.5. The second-order valence-corrected chi connectivity index (χ2v) is 12.0. The molecule has 0 radical (unpaired) electrons. The van der Waals surface area contributed by atoms with Crippen molar-refractivity contribution in [2.24, 2.45) is 0 Å². The van der Waals surface area contributed by atoms with Crippen molar-refractivity contribution in [3.63, 3.8) is 0 Å². The minimum absolute atomic E-state index is 0.289. The van der Waals surface area contributed by atoms with E-state index in [0.29, 0.717) is 12.8 Å². The Morgan fingerprint density at radius 3 is 1.15 bits per heavy atom. The summed E-state index contributed by atoms with van der Waals surface area (Å²) in [4.78, 5) is 27.5. The smallest absolute Gasteiger partial charge is 0.330 e. The molecule has 0 aromatic heterocycles. The molecule has 6 aromatic carbocycles. The van der Waals surface area contributed by atoms with Crippen molar-refractivity contribution in [3.05, 3.63) is 194 Å². The van der Waals surface area contributed by atoms with Gasteiger partial charge in [0, 0.05) is 59.1 Å². The molecule has 258 valence electrons. The minimum atomic E-state index is -0.419. The fourth-order valence-corrected chi connectivity index (χ4v) is 6.01. The third-order valence-electron chi connectivity index (χ3n) is 8.55.